The first kappa shape index (κ1) is 18.9. The first-order chi connectivity index (χ1) is 13.6. The van der Waals surface area contributed by atoms with Gasteiger partial charge in [-0.1, -0.05) is 43.2 Å². The van der Waals surface area contributed by atoms with Crippen molar-refractivity contribution in [2.24, 2.45) is 0 Å². The minimum atomic E-state index is -0.0585. The summed E-state index contributed by atoms with van der Waals surface area (Å²) in [6.07, 6.45) is 6.48. The van der Waals surface area contributed by atoms with Crippen LogP contribution in [0.25, 0.3) is 21.3 Å². The molecule has 1 amide bonds. The molecule has 3 heterocycles. The molecule has 6 heteroatoms. The average molecular weight is 396 g/mol. The van der Waals surface area contributed by atoms with Gasteiger partial charge in [-0.15, -0.1) is 11.3 Å². The number of nitrogens with zero attached hydrogens (tertiary/aromatic N) is 3. The topological polar surface area (TPSA) is 55.2 Å². The van der Waals surface area contributed by atoms with Crippen molar-refractivity contribution < 1.29 is 4.79 Å². The summed E-state index contributed by atoms with van der Waals surface area (Å²) in [5.74, 6) is 0.138. The first-order valence-electron chi connectivity index (χ1n) is 9.97. The van der Waals surface area contributed by atoms with Crippen LogP contribution in [0.3, 0.4) is 0 Å². The van der Waals surface area contributed by atoms with Crippen molar-refractivity contribution in [3.63, 3.8) is 0 Å². The van der Waals surface area contributed by atoms with Crippen molar-refractivity contribution in [1.82, 2.24) is 14.5 Å². The van der Waals surface area contributed by atoms with E-state index in [1.165, 1.54) is 12.8 Å². The molecule has 1 aliphatic heterocycles. The molecule has 1 aliphatic rings. The van der Waals surface area contributed by atoms with Gasteiger partial charge in [0.2, 0.25) is 5.91 Å². The summed E-state index contributed by atoms with van der Waals surface area (Å²) >= 11 is 1.55. The lowest BCUT2D eigenvalue weighted by Crippen LogP contribution is -2.33. The van der Waals surface area contributed by atoms with Crippen molar-refractivity contribution in [1.29, 1.82) is 0 Å². The number of thiophene rings is 1. The number of aryl methyl sites for hydroxylation is 2. The molecule has 28 heavy (non-hydrogen) atoms. The van der Waals surface area contributed by atoms with E-state index >= 15 is 0 Å². The molecule has 0 unspecified atom stereocenters. The molecule has 0 saturated carbocycles. The van der Waals surface area contributed by atoms with E-state index in [0.29, 0.717) is 18.4 Å². The van der Waals surface area contributed by atoms with Crippen molar-refractivity contribution in [2.45, 2.75) is 45.6 Å². The molecule has 2 aromatic heterocycles. The SMILES string of the molecule is Cc1sc2ncn(CCC(=O)N3CCCCCC3)c(=O)c2c1-c1ccccc1. The lowest BCUT2D eigenvalue weighted by molar-refractivity contribution is -0.131. The van der Waals surface area contributed by atoms with Gasteiger partial charge < -0.3 is 4.90 Å². The van der Waals surface area contributed by atoms with Gasteiger partial charge >= 0.3 is 0 Å². The fraction of sp³-hybridized carbons (Fsp3) is 0.409. The number of carbonyl (C=O) groups excluding carboxylic acids is 1. The number of amides is 1. The molecule has 1 saturated heterocycles. The van der Waals surface area contributed by atoms with E-state index in [0.717, 1.165) is 46.8 Å². The van der Waals surface area contributed by atoms with Gasteiger partial charge in [0.15, 0.2) is 0 Å². The molecule has 1 fully saturated rings. The zero-order chi connectivity index (χ0) is 19.5. The zero-order valence-electron chi connectivity index (χ0n) is 16.2. The Morgan fingerprint density at radius 3 is 2.54 bits per heavy atom. The van der Waals surface area contributed by atoms with Gasteiger partial charge in [0.25, 0.3) is 5.56 Å². The zero-order valence-corrected chi connectivity index (χ0v) is 17.0. The fourth-order valence-electron chi connectivity index (χ4n) is 3.94. The average Bonchev–Trinajstić information content (AvgIpc) is 2.87. The van der Waals surface area contributed by atoms with Gasteiger partial charge in [0.1, 0.15) is 4.83 Å². The molecule has 0 bridgehead atoms. The standard InChI is InChI=1S/C22H25N3O2S/c1-16-19(17-9-5-4-6-10-17)20-21(28-16)23-15-25(22(20)27)14-11-18(26)24-12-7-2-3-8-13-24/h4-6,9-10,15H,2-3,7-8,11-14H2,1H3. The summed E-state index contributed by atoms with van der Waals surface area (Å²) in [5.41, 5.74) is 1.94. The van der Waals surface area contributed by atoms with Crippen molar-refractivity contribution >= 4 is 27.5 Å². The Kier molecular flexibility index (Phi) is 5.57. The van der Waals surface area contributed by atoms with Crippen molar-refractivity contribution in [3.8, 4) is 11.1 Å². The van der Waals surface area contributed by atoms with Crippen LogP contribution in [0.4, 0.5) is 0 Å². The van der Waals surface area contributed by atoms with Crippen LogP contribution in [0.2, 0.25) is 0 Å². The summed E-state index contributed by atoms with van der Waals surface area (Å²) in [7, 11) is 0. The number of benzene rings is 1. The maximum Gasteiger partial charge on any atom is 0.262 e. The Hall–Kier alpha value is -2.47. The van der Waals surface area contributed by atoms with E-state index < -0.39 is 0 Å². The molecular formula is C22H25N3O2S. The van der Waals surface area contributed by atoms with E-state index in [1.807, 2.05) is 42.2 Å². The summed E-state index contributed by atoms with van der Waals surface area (Å²) < 4.78 is 1.59. The fourth-order valence-corrected chi connectivity index (χ4v) is 4.95. The van der Waals surface area contributed by atoms with Gasteiger partial charge in [-0.3, -0.25) is 14.2 Å². The monoisotopic (exact) mass is 395 g/mol. The lowest BCUT2D eigenvalue weighted by Gasteiger charge is -2.20. The highest BCUT2D eigenvalue weighted by molar-refractivity contribution is 7.19. The van der Waals surface area contributed by atoms with E-state index in [9.17, 15) is 9.59 Å². The third kappa shape index (κ3) is 3.74. The van der Waals surface area contributed by atoms with E-state index in [2.05, 4.69) is 4.98 Å². The minimum Gasteiger partial charge on any atom is -0.343 e. The second-order valence-corrected chi connectivity index (χ2v) is 8.57. The first-order valence-corrected chi connectivity index (χ1v) is 10.8. The Bertz CT molecular complexity index is 1030. The Labute approximate surface area is 168 Å². The Balaban J connectivity index is 1.61. The van der Waals surface area contributed by atoms with Crippen LogP contribution in [-0.4, -0.2) is 33.4 Å². The van der Waals surface area contributed by atoms with E-state index in [-0.39, 0.29) is 11.5 Å². The Morgan fingerprint density at radius 1 is 1.11 bits per heavy atom. The summed E-state index contributed by atoms with van der Waals surface area (Å²) in [4.78, 5) is 34.1. The normalized spacial score (nSPS) is 15.0. The predicted octanol–water partition coefficient (Wildman–Crippen LogP) is 4.23. The predicted molar refractivity (Wildman–Crippen MR) is 114 cm³/mol. The van der Waals surface area contributed by atoms with Crippen LogP contribution in [0.15, 0.2) is 41.5 Å². The number of hydrogen-bond donors (Lipinski definition) is 0. The highest BCUT2D eigenvalue weighted by atomic mass is 32.1. The van der Waals surface area contributed by atoms with E-state index in [4.69, 9.17) is 0 Å². The molecular weight excluding hydrogens is 370 g/mol. The molecule has 0 aliphatic carbocycles. The number of rotatable bonds is 4. The largest absolute Gasteiger partial charge is 0.343 e. The molecule has 146 valence electrons. The number of fused-ring (bicyclic) bond motifs is 1. The molecule has 4 rings (SSSR count). The Morgan fingerprint density at radius 2 is 1.82 bits per heavy atom. The second-order valence-electron chi connectivity index (χ2n) is 7.37. The molecule has 0 N–H and O–H groups in total. The highest BCUT2D eigenvalue weighted by Crippen LogP contribution is 2.35. The smallest absolute Gasteiger partial charge is 0.262 e. The molecule has 1 aromatic carbocycles. The van der Waals surface area contributed by atoms with Crippen molar-refractivity contribution in [2.75, 3.05) is 13.1 Å². The third-order valence-corrected chi connectivity index (χ3v) is 6.46. The summed E-state index contributed by atoms with van der Waals surface area (Å²) in [6.45, 7) is 4.08. The molecule has 0 radical (unpaired) electrons. The van der Waals surface area contributed by atoms with Gasteiger partial charge in [-0.2, -0.15) is 0 Å². The third-order valence-electron chi connectivity index (χ3n) is 5.44. The number of likely N-dealkylation sites (tertiary alicyclic amines) is 1. The number of carbonyl (C=O) groups is 1. The summed E-state index contributed by atoms with van der Waals surface area (Å²) in [5, 5.41) is 0.665. The van der Waals surface area contributed by atoms with E-state index in [1.54, 1.807) is 22.2 Å². The second kappa shape index (κ2) is 8.27. The minimum absolute atomic E-state index is 0.0585. The summed E-state index contributed by atoms with van der Waals surface area (Å²) in [6, 6.07) is 9.97. The molecule has 0 atom stereocenters. The lowest BCUT2D eigenvalue weighted by atomic mass is 10.0. The van der Waals surface area contributed by atoms with Crippen molar-refractivity contribution in [3.05, 3.63) is 51.9 Å². The number of aromatic nitrogens is 2. The van der Waals surface area contributed by atoms with Gasteiger partial charge in [0.05, 0.1) is 11.7 Å². The van der Waals surface area contributed by atoms with Gasteiger partial charge in [-0.05, 0) is 25.3 Å². The van der Waals surface area contributed by atoms with Crippen LogP contribution < -0.4 is 5.56 Å². The van der Waals surface area contributed by atoms with Gasteiger partial charge in [-0.25, -0.2) is 4.98 Å². The quantitative estimate of drug-likeness (QED) is 0.664. The maximum atomic E-state index is 13.2. The molecule has 5 nitrogen and oxygen atoms in total. The van der Waals surface area contributed by atoms with Crippen LogP contribution in [0.5, 0.6) is 0 Å². The van der Waals surface area contributed by atoms with Crippen LogP contribution in [0.1, 0.15) is 37.0 Å². The van der Waals surface area contributed by atoms with Crippen LogP contribution in [-0.2, 0) is 11.3 Å². The molecule has 0 spiro atoms. The van der Waals surface area contributed by atoms with Crippen LogP contribution >= 0.6 is 11.3 Å². The maximum absolute atomic E-state index is 13.2. The van der Waals surface area contributed by atoms with Crippen LogP contribution in [0, 0.1) is 6.92 Å². The van der Waals surface area contributed by atoms with Gasteiger partial charge in [0, 0.05) is 36.5 Å². The molecule has 3 aromatic rings. The number of hydrogen-bond acceptors (Lipinski definition) is 4. The highest BCUT2D eigenvalue weighted by Gasteiger charge is 2.18.